The lowest BCUT2D eigenvalue weighted by atomic mass is 10.3. The molecule has 5 heteroatoms. The second-order valence-electron chi connectivity index (χ2n) is 3.01. The zero-order valence-electron chi connectivity index (χ0n) is 7.86. The van der Waals surface area contributed by atoms with Gasteiger partial charge in [0.15, 0.2) is 0 Å². The van der Waals surface area contributed by atoms with E-state index in [0.717, 1.165) is 4.47 Å². The minimum absolute atomic E-state index is 0.165. The molecular formula is C9H10BrNO2S. The number of nitro benzene ring substituents is 1. The van der Waals surface area contributed by atoms with Crippen molar-refractivity contribution in [2.75, 3.05) is 0 Å². The quantitative estimate of drug-likeness (QED) is 0.478. The molecule has 0 N–H and O–H groups in total. The standard InChI is InChI=1S/C9H10BrNO2S/c1-6(2)14-9-7(10)4-3-5-8(9)11(12)13/h3-6H,1-2H3. The summed E-state index contributed by atoms with van der Waals surface area (Å²) in [5.41, 5.74) is 0.165. The maximum atomic E-state index is 10.7. The van der Waals surface area contributed by atoms with Crippen LogP contribution in [0.25, 0.3) is 0 Å². The molecule has 0 amide bonds. The first-order chi connectivity index (χ1) is 6.52. The fourth-order valence-corrected chi connectivity index (χ4v) is 2.55. The van der Waals surface area contributed by atoms with Gasteiger partial charge in [0.05, 0.1) is 9.82 Å². The first kappa shape index (κ1) is 11.5. The van der Waals surface area contributed by atoms with Gasteiger partial charge in [-0.3, -0.25) is 10.1 Å². The van der Waals surface area contributed by atoms with Gasteiger partial charge in [-0.25, -0.2) is 0 Å². The van der Waals surface area contributed by atoms with E-state index >= 15 is 0 Å². The van der Waals surface area contributed by atoms with E-state index in [-0.39, 0.29) is 10.6 Å². The lowest BCUT2D eigenvalue weighted by molar-refractivity contribution is -0.387. The van der Waals surface area contributed by atoms with Crippen LogP contribution in [-0.2, 0) is 0 Å². The Morgan fingerprint density at radius 3 is 2.64 bits per heavy atom. The number of nitrogens with zero attached hydrogens (tertiary/aromatic N) is 1. The Morgan fingerprint density at radius 2 is 2.14 bits per heavy atom. The molecule has 76 valence electrons. The highest BCUT2D eigenvalue weighted by atomic mass is 79.9. The molecule has 0 heterocycles. The third kappa shape index (κ3) is 2.72. The first-order valence-corrected chi connectivity index (χ1v) is 5.79. The number of hydrogen-bond acceptors (Lipinski definition) is 3. The predicted octanol–water partition coefficient (Wildman–Crippen LogP) is 3.86. The normalized spacial score (nSPS) is 10.6. The van der Waals surface area contributed by atoms with Crippen molar-refractivity contribution in [2.24, 2.45) is 0 Å². The zero-order valence-corrected chi connectivity index (χ0v) is 10.3. The molecule has 0 radical (unpaired) electrons. The molecule has 0 saturated heterocycles. The maximum absolute atomic E-state index is 10.7. The third-order valence-corrected chi connectivity index (χ3v) is 3.56. The van der Waals surface area contributed by atoms with Gasteiger partial charge in [-0.15, -0.1) is 11.8 Å². The van der Waals surface area contributed by atoms with Crippen molar-refractivity contribution in [3.05, 3.63) is 32.8 Å². The van der Waals surface area contributed by atoms with Crippen molar-refractivity contribution in [3.8, 4) is 0 Å². The number of halogens is 1. The summed E-state index contributed by atoms with van der Waals surface area (Å²) in [7, 11) is 0. The molecule has 3 nitrogen and oxygen atoms in total. The van der Waals surface area contributed by atoms with E-state index in [1.165, 1.54) is 17.8 Å². The van der Waals surface area contributed by atoms with Crippen molar-refractivity contribution in [1.82, 2.24) is 0 Å². The van der Waals surface area contributed by atoms with Gasteiger partial charge in [-0.1, -0.05) is 19.9 Å². The molecule has 0 fully saturated rings. The van der Waals surface area contributed by atoms with Gasteiger partial charge in [0, 0.05) is 15.8 Å². The largest absolute Gasteiger partial charge is 0.284 e. The van der Waals surface area contributed by atoms with Gasteiger partial charge in [0.2, 0.25) is 0 Å². The van der Waals surface area contributed by atoms with E-state index in [1.54, 1.807) is 6.07 Å². The number of rotatable bonds is 3. The average Bonchev–Trinajstić information content (AvgIpc) is 2.07. The van der Waals surface area contributed by atoms with Crippen LogP contribution in [0.4, 0.5) is 5.69 Å². The number of nitro groups is 1. The number of thioether (sulfide) groups is 1. The highest BCUT2D eigenvalue weighted by molar-refractivity contribution is 9.10. The Kier molecular flexibility index (Phi) is 3.95. The minimum Gasteiger partial charge on any atom is -0.258 e. The Morgan fingerprint density at radius 1 is 1.50 bits per heavy atom. The van der Waals surface area contributed by atoms with Crippen LogP contribution >= 0.6 is 27.7 Å². The second-order valence-corrected chi connectivity index (χ2v) is 5.45. The van der Waals surface area contributed by atoms with Gasteiger partial charge < -0.3 is 0 Å². The van der Waals surface area contributed by atoms with Crippen molar-refractivity contribution < 1.29 is 4.92 Å². The second kappa shape index (κ2) is 4.79. The highest BCUT2D eigenvalue weighted by Crippen LogP contribution is 2.37. The van der Waals surface area contributed by atoms with Crippen LogP contribution in [0.2, 0.25) is 0 Å². The highest BCUT2D eigenvalue weighted by Gasteiger charge is 2.17. The maximum Gasteiger partial charge on any atom is 0.284 e. The Hall–Kier alpha value is -0.550. The summed E-state index contributed by atoms with van der Waals surface area (Å²) in [5, 5.41) is 11.1. The fraction of sp³-hybridized carbons (Fsp3) is 0.333. The lowest BCUT2D eigenvalue weighted by Crippen LogP contribution is -1.94. The average molecular weight is 276 g/mol. The van der Waals surface area contributed by atoms with Crippen molar-refractivity contribution in [1.29, 1.82) is 0 Å². The summed E-state index contributed by atoms with van der Waals surface area (Å²) in [6, 6.07) is 5.01. The van der Waals surface area contributed by atoms with E-state index in [2.05, 4.69) is 15.9 Å². The smallest absolute Gasteiger partial charge is 0.258 e. The molecular weight excluding hydrogens is 266 g/mol. The van der Waals surface area contributed by atoms with Crippen LogP contribution < -0.4 is 0 Å². The number of hydrogen-bond donors (Lipinski definition) is 0. The molecule has 14 heavy (non-hydrogen) atoms. The molecule has 1 aromatic rings. The summed E-state index contributed by atoms with van der Waals surface area (Å²) in [5.74, 6) is 0. The Bertz CT molecular complexity index is 355. The van der Waals surface area contributed by atoms with Gasteiger partial charge in [-0.2, -0.15) is 0 Å². The van der Waals surface area contributed by atoms with Crippen LogP contribution in [0.15, 0.2) is 27.6 Å². The molecule has 0 bridgehead atoms. The topological polar surface area (TPSA) is 43.1 Å². The zero-order chi connectivity index (χ0) is 10.7. The molecule has 1 aromatic carbocycles. The van der Waals surface area contributed by atoms with Gasteiger partial charge in [0.25, 0.3) is 5.69 Å². The summed E-state index contributed by atoms with van der Waals surface area (Å²) in [4.78, 5) is 11.1. The number of benzene rings is 1. The molecule has 0 aromatic heterocycles. The van der Waals surface area contributed by atoms with Crippen LogP contribution in [0, 0.1) is 10.1 Å². The van der Waals surface area contributed by atoms with E-state index in [0.29, 0.717) is 10.1 Å². The summed E-state index contributed by atoms with van der Waals surface area (Å²) in [6.45, 7) is 4.02. The predicted molar refractivity (Wildman–Crippen MR) is 61.8 cm³/mol. The monoisotopic (exact) mass is 275 g/mol. The first-order valence-electron chi connectivity index (χ1n) is 4.12. The summed E-state index contributed by atoms with van der Waals surface area (Å²) < 4.78 is 0.783. The van der Waals surface area contributed by atoms with Gasteiger partial charge in [-0.05, 0) is 22.0 Å². The molecule has 0 atom stereocenters. The summed E-state index contributed by atoms with van der Waals surface area (Å²) >= 11 is 4.81. The van der Waals surface area contributed by atoms with Gasteiger partial charge >= 0.3 is 0 Å². The summed E-state index contributed by atoms with van der Waals surface area (Å²) in [6.07, 6.45) is 0. The third-order valence-electron chi connectivity index (χ3n) is 1.50. The van der Waals surface area contributed by atoms with E-state index < -0.39 is 0 Å². The molecule has 1 rings (SSSR count). The molecule has 0 saturated carbocycles. The SMILES string of the molecule is CC(C)Sc1c(Br)cccc1[N+](=O)[O-]. The van der Waals surface area contributed by atoms with Crippen LogP contribution in [-0.4, -0.2) is 10.2 Å². The Balaban J connectivity index is 3.15. The molecule has 0 aliphatic carbocycles. The van der Waals surface area contributed by atoms with Crippen LogP contribution in [0.3, 0.4) is 0 Å². The van der Waals surface area contributed by atoms with Crippen molar-refractivity contribution in [3.63, 3.8) is 0 Å². The van der Waals surface area contributed by atoms with E-state index in [9.17, 15) is 10.1 Å². The fourth-order valence-electron chi connectivity index (χ4n) is 0.994. The van der Waals surface area contributed by atoms with E-state index in [4.69, 9.17) is 0 Å². The molecule has 0 unspecified atom stereocenters. The van der Waals surface area contributed by atoms with Crippen molar-refractivity contribution in [2.45, 2.75) is 24.0 Å². The Labute approximate surface area is 95.2 Å². The molecule has 0 aliphatic heterocycles. The lowest BCUT2D eigenvalue weighted by Gasteiger charge is -2.07. The molecule has 0 aliphatic rings. The van der Waals surface area contributed by atoms with E-state index in [1.807, 2.05) is 19.9 Å². The van der Waals surface area contributed by atoms with Crippen LogP contribution in [0.5, 0.6) is 0 Å². The van der Waals surface area contributed by atoms with Crippen LogP contribution in [0.1, 0.15) is 13.8 Å². The molecule has 0 spiro atoms. The minimum atomic E-state index is -0.352. The van der Waals surface area contributed by atoms with Gasteiger partial charge in [0.1, 0.15) is 0 Å². The van der Waals surface area contributed by atoms with Crippen molar-refractivity contribution >= 4 is 33.4 Å².